The molecule has 0 rings (SSSR count). The van der Waals surface area contributed by atoms with Gasteiger partial charge in [0.1, 0.15) is 0 Å². The van der Waals surface area contributed by atoms with Crippen LogP contribution in [0.2, 0.25) is 0 Å². The van der Waals surface area contributed by atoms with Gasteiger partial charge in [0.15, 0.2) is 6.10 Å². The van der Waals surface area contributed by atoms with E-state index in [2.05, 4.69) is 12.2 Å². The van der Waals surface area contributed by atoms with Crippen molar-refractivity contribution in [3.05, 3.63) is 0 Å². The predicted octanol–water partition coefficient (Wildman–Crippen LogP) is 0.247. The molecule has 0 bridgehead atoms. The summed E-state index contributed by atoms with van der Waals surface area (Å²) >= 11 is 0. The van der Waals surface area contributed by atoms with Crippen LogP contribution >= 0.6 is 21.6 Å². The molecule has 6 heteroatoms. The minimum Gasteiger partial charge on any atom is -0.393 e. The Bertz CT molecular complexity index is 158. The monoisotopic (exact) mass is 239 g/mol. The Balaban J connectivity index is 3.23. The molecule has 84 valence electrons. The lowest BCUT2D eigenvalue weighted by Crippen LogP contribution is -2.37. The second-order valence-corrected chi connectivity index (χ2v) is 5.34. The zero-order chi connectivity index (χ0) is 10.8. The lowest BCUT2D eigenvalue weighted by molar-refractivity contribution is -0.131. The highest BCUT2D eigenvalue weighted by molar-refractivity contribution is 8.76. The van der Waals surface area contributed by atoms with E-state index in [1.807, 2.05) is 0 Å². The van der Waals surface area contributed by atoms with Gasteiger partial charge >= 0.3 is 0 Å². The molecule has 0 spiro atoms. The number of carbonyl (C=O) groups excluding carboxylic acids is 1. The van der Waals surface area contributed by atoms with E-state index in [0.29, 0.717) is 6.54 Å². The molecule has 14 heavy (non-hydrogen) atoms. The number of nitrogens with one attached hydrogen (secondary N) is 1. The Kier molecular flexibility index (Phi) is 9.70. The fourth-order valence-electron chi connectivity index (χ4n) is 0.618. The third kappa shape index (κ3) is 7.49. The Morgan fingerprint density at radius 1 is 1.43 bits per heavy atom. The lowest BCUT2D eigenvalue weighted by atomic mass is 10.3. The maximum Gasteiger partial charge on any atom is 0.251 e. The number of hydrogen-bond acceptors (Lipinski definition) is 5. The van der Waals surface area contributed by atoms with E-state index in [9.17, 15) is 4.79 Å². The summed E-state index contributed by atoms with van der Waals surface area (Å²) in [6, 6.07) is 0. The molecule has 3 N–H and O–H groups in total. The fraction of sp³-hybridized carbons (Fsp3) is 0.875. The highest BCUT2D eigenvalue weighted by Crippen LogP contribution is 2.20. The maximum absolute atomic E-state index is 10.9. The first-order valence-corrected chi connectivity index (χ1v) is 7.02. The summed E-state index contributed by atoms with van der Waals surface area (Å²) in [7, 11) is 3.47. The van der Waals surface area contributed by atoms with E-state index in [1.165, 1.54) is 0 Å². The van der Waals surface area contributed by atoms with Crippen LogP contribution < -0.4 is 5.32 Å². The molecule has 0 radical (unpaired) electrons. The number of aliphatic hydroxyl groups excluding tert-OH is 2. The van der Waals surface area contributed by atoms with Gasteiger partial charge in [-0.15, -0.1) is 0 Å². The van der Waals surface area contributed by atoms with Crippen LogP contribution in [-0.4, -0.2) is 46.9 Å². The van der Waals surface area contributed by atoms with Gasteiger partial charge < -0.3 is 15.5 Å². The first-order chi connectivity index (χ1) is 6.72. The third-order valence-electron chi connectivity index (χ3n) is 1.33. The van der Waals surface area contributed by atoms with Crippen molar-refractivity contribution in [3.63, 3.8) is 0 Å². The molecule has 0 aromatic rings. The minimum atomic E-state index is -1.29. The van der Waals surface area contributed by atoms with Crippen LogP contribution in [0.4, 0.5) is 0 Å². The smallest absolute Gasteiger partial charge is 0.251 e. The summed E-state index contributed by atoms with van der Waals surface area (Å²) in [6.45, 7) is 2.12. The molecule has 0 aliphatic carbocycles. The van der Waals surface area contributed by atoms with Crippen LogP contribution in [0.1, 0.15) is 13.3 Å². The number of hydrogen-bond donors (Lipinski definition) is 3. The van der Waals surface area contributed by atoms with Crippen molar-refractivity contribution >= 4 is 27.5 Å². The first kappa shape index (κ1) is 14.1. The normalized spacial score (nSPS) is 12.5. The summed E-state index contributed by atoms with van der Waals surface area (Å²) < 4.78 is 0. The van der Waals surface area contributed by atoms with Gasteiger partial charge in [0.05, 0.1) is 6.61 Å². The number of rotatable bonds is 8. The van der Waals surface area contributed by atoms with E-state index < -0.39 is 18.6 Å². The van der Waals surface area contributed by atoms with Crippen LogP contribution in [0, 0.1) is 0 Å². The van der Waals surface area contributed by atoms with Gasteiger partial charge in [-0.25, -0.2) is 0 Å². The summed E-state index contributed by atoms with van der Waals surface area (Å²) in [5, 5.41) is 19.9. The Morgan fingerprint density at radius 3 is 2.64 bits per heavy atom. The van der Waals surface area contributed by atoms with Crippen LogP contribution in [0.25, 0.3) is 0 Å². The molecular weight excluding hydrogens is 222 g/mol. The van der Waals surface area contributed by atoms with E-state index >= 15 is 0 Å². The van der Waals surface area contributed by atoms with Crippen LogP contribution in [0.5, 0.6) is 0 Å². The van der Waals surface area contributed by atoms with Gasteiger partial charge in [-0.1, -0.05) is 28.5 Å². The van der Waals surface area contributed by atoms with Gasteiger partial charge in [0.2, 0.25) is 0 Å². The molecule has 0 saturated heterocycles. The van der Waals surface area contributed by atoms with Gasteiger partial charge in [-0.2, -0.15) is 0 Å². The lowest BCUT2D eigenvalue weighted by Gasteiger charge is -2.07. The van der Waals surface area contributed by atoms with Crippen LogP contribution in [-0.2, 0) is 4.79 Å². The maximum atomic E-state index is 10.9. The Hall–Kier alpha value is 0.0900. The van der Waals surface area contributed by atoms with Gasteiger partial charge in [0.25, 0.3) is 5.91 Å². The molecular formula is C8H17NO3S2. The van der Waals surface area contributed by atoms with Crippen LogP contribution in [0.15, 0.2) is 0 Å². The zero-order valence-electron chi connectivity index (χ0n) is 8.23. The summed E-state index contributed by atoms with van der Waals surface area (Å²) in [6.07, 6.45) is -0.143. The average molecular weight is 239 g/mol. The largest absolute Gasteiger partial charge is 0.393 e. The molecule has 1 unspecified atom stereocenters. The summed E-state index contributed by atoms with van der Waals surface area (Å²) in [4.78, 5) is 10.9. The fourth-order valence-corrected chi connectivity index (χ4v) is 2.66. The van der Waals surface area contributed by atoms with Crippen molar-refractivity contribution in [2.45, 2.75) is 19.4 Å². The van der Waals surface area contributed by atoms with Crippen molar-refractivity contribution < 1.29 is 15.0 Å². The zero-order valence-corrected chi connectivity index (χ0v) is 9.87. The Labute approximate surface area is 92.2 Å². The first-order valence-electron chi connectivity index (χ1n) is 4.53. The quantitative estimate of drug-likeness (QED) is 0.418. The molecule has 0 fully saturated rings. The van der Waals surface area contributed by atoms with Crippen molar-refractivity contribution in [1.29, 1.82) is 0 Å². The third-order valence-corrected chi connectivity index (χ3v) is 3.94. The van der Waals surface area contributed by atoms with Crippen LogP contribution in [0.3, 0.4) is 0 Å². The van der Waals surface area contributed by atoms with Crippen molar-refractivity contribution in [2.75, 3.05) is 24.7 Å². The Morgan fingerprint density at radius 2 is 2.07 bits per heavy atom. The number of aliphatic hydroxyl groups is 2. The minimum absolute atomic E-state index is 0.506. The molecule has 0 aromatic heterocycles. The standard InChI is InChI=1S/C8H17NO3S2/c1-2-4-13-14-5-3-9-8(12)7(11)6-10/h7,10-11H,2-6H2,1H3,(H,9,12). The van der Waals surface area contributed by atoms with Gasteiger partial charge in [-0.3, -0.25) is 4.79 Å². The van der Waals surface area contributed by atoms with Crippen molar-refractivity contribution in [1.82, 2.24) is 5.32 Å². The molecule has 0 saturated carbocycles. The second-order valence-electron chi connectivity index (χ2n) is 2.63. The number of carbonyl (C=O) groups is 1. The van der Waals surface area contributed by atoms with Crippen molar-refractivity contribution in [3.8, 4) is 0 Å². The molecule has 1 atom stereocenters. The number of amides is 1. The highest BCUT2D eigenvalue weighted by atomic mass is 33.1. The SMILES string of the molecule is CCCSSCCNC(=O)C(O)CO. The molecule has 0 heterocycles. The molecule has 1 amide bonds. The van der Waals surface area contributed by atoms with E-state index in [4.69, 9.17) is 10.2 Å². The molecule has 0 aliphatic rings. The van der Waals surface area contributed by atoms with Gasteiger partial charge in [-0.05, 0) is 6.42 Å². The van der Waals surface area contributed by atoms with E-state index in [1.54, 1.807) is 21.6 Å². The van der Waals surface area contributed by atoms with Crippen molar-refractivity contribution in [2.24, 2.45) is 0 Å². The summed E-state index contributed by atoms with van der Waals surface area (Å²) in [5.41, 5.74) is 0. The van der Waals surface area contributed by atoms with Gasteiger partial charge in [0, 0.05) is 18.1 Å². The predicted molar refractivity (Wildman–Crippen MR) is 61.3 cm³/mol. The highest BCUT2D eigenvalue weighted by Gasteiger charge is 2.11. The molecule has 4 nitrogen and oxygen atoms in total. The average Bonchev–Trinajstić information content (AvgIpc) is 2.21. The van der Waals surface area contributed by atoms with E-state index in [-0.39, 0.29) is 0 Å². The second kappa shape index (κ2) is 9.64. The topological polar surface area (TPSA) is 69.6 Å². The summed E-state index contributed by atoms with van der Waals surface area (Å²) in [5.74, 6) is 1.42. The van der Waals surface area contributed by atoms with E-state index in [0.717, 1.165) is 17.9 Å². The molecule has 0 aliphatic heterocycles. The molecule has 0 aromatic carbocycles.